The molecule has 0 aliphatic carbocycles. The normalized spacial score (nSPS) is 12.3. The van der Waals surface area contributed by atoms with Crippen molar-refractivity contribution in [3.63, 3.8) is 0 Å². The van der Waals surface area contributed by atoms with Gasteiger partial charge in [-0.25, -0.2) is 17.2 Å². The van der Waals surface area contributed by atoms with Gasteiger partial charge in [0, 0.05) is 11.8 Å². The number of rotatable bonds is 3. The maximum absolute atomic E-state index is 13.5. The van der Waals surface area contributed by atoms with Crippen molar-refractivity contribution in [1.82, 2.24) is 0 Å². The quantitative estimate of drug-likeness (QED) is 0.811. The zero-order chi connectivity index (χ0) is 17.4. The van der Waals surface area contributed by atoms with Gasteiger partial charge in [0.15, 0.2) is 0 Å². The van der Waals surface area contributed by atoms with E-state index >= 15 is 0 Å². The summed E-state index contributed by atoms with van der Waals surface area (Å²) in [6.45, 7) is 0. The summed E-state index contributed by atoms with van der Waals surface area (Å²) in [6.07, 6.45) is -4.79. The van der Waals surface area contributed by atoms with Gasteiger partial charge in [-0.15, -0.1) is 0 Å². The molecule has 0 unspecified atom stereocenters. The van der Waals surface area contributed by atoms with Crippen molar-refractivity contribution in [2.45, 2.75) is 11.1 Å². The smallest absolute Gasteiger partial charge is 0.280 e. The summed E-state index contributed by atoms with van der Waals surface area (Å²) in [4.78, 5) is -0.901. The van der Waals surface area contributed by atoms with Gasteiger partial charge in [0.25, 0.3) is 10.0 Å². The molecule has 1 N–H and O–H groups in total. The van der Waals surface area contributed by atoms with Crippen molar-refractivity contribution in [3.05, 3.63) is 58.6 Å². The summed E-state index contributed by atoms with van der Waals surface area (Å²) in [6, 6.07) is 4.02. The lowest BCUT2D eigenvalue weighted by atomic mass is 10.2. The lowest BCUT2D eigenvalue weighted by molar-refractivity contribution is -0.137. The van der Waals surface area contributed by atoms with Crippen molar-refractivity contribution < 1.29 is 30.4 Å². The second kappa shape index (κ2) is 5.97. The fourth-order valence-corrected chi connectivity index (χ4v) is 3.04. The Morgan fingerprint density at radius 1 is 1.00 bits per heavy atom. The number of alkyl halides is 3. The molecule has 0 spiro atoms. The van der Waals surface area contributed by atoms with Gasteiger partial charge in [0.05, 0.1) is 10.6 Å². The Kier molecular flexibility index (Phi) is 4.54. The molecule has 10 heteroatoms. The van der Waals surface area contributed by atoms with Gasteiger partial charge >= 0.3 is 6.18 Å². The van der Waals surface area contributed by atoms with Crippen LogP contribution in [0, 0.1) is 11.6 Å². The topological polar surface area (TPSA) is 46.2 Å². The molecule has 0 fully saturated rings. The third-order valence-electron chi connectivity index (χ3n) is 2.71. The maximum Gasteiger partial charge on any atom is 0.417 e. The fraction of sp³-hybridized carbons (Fsp3) is 0.0769. The van der Waals surface area contributed by atoms with Crippen LogP contribution < -0.4 is 4.72 Å². The van der Waals surface area contributed by atoms with E-state index < -0.39 is 49.0 Å². The molecule has 23 heavy (non-hydrogen) atoms. The molecule has 0 amide bonds. The summed E-state index contributed by atoms with van der Waals surface area (Å²) in [5.41, 5.74) is -1.72. The van der Waals surface area contributed by atoms with Crippen LogP contribution in [0.4, 0.5) is 27.6 Å². The summed E-state index contributed by atoms with van der Waals surface area (Å²) in [7, 11) is -4.54. The van der Waals surface area contributed by atoms with Gasteiger partial charge < -0.3 is 0 Å². The lowest BCUT2D eigenvalue weighted by Gasteiger charge is -2.13. The predicted octanol–water partition coefficient (Wildman–Crippen LogP) is 4.44. The van der Waals surface area contributed by atoms with Crippen LogP contribution in [-0.4, -0.2) is 8.42 Å². The number of sulfonamides is 1. The molecule has 0 bridgehead atoms. The Hall–Kier alpha value is -1.87. The zero-order valence-corrected chi connectivity index (χ0v) is 12.5. The fourth-order valence-electron chi connectivity index (χ4n) is 1.71. The van der Waals surface area contributed by atoms with Gasteiger partial charge in [-0.3, -0.25) is 4.72 Å². The van der Waals surface area contributed by atoms with E-state index in [-0.39, 0.29) is 0 Å². The van der Waals surface area contributed by atoms with Gasteiger partial charge in [-0.1, -0.05) is 11.6 Å². The standard InChI is InChI=1S/C13H7ClF5NO2S/c14-10-3-2-8(6-9(10)13(17,18)19)20-23(21,22)12-4-1-7(15)5-11(12)16/h1-6,20H. The van der Waals surface area contributed by atoms with Gasteiger partial charge in [0.2, 0.25) is 0 Å². The Labute approximate surface area is 132 Å². The minimum absolute atomic E-state index is 0.345. The second-order valence-electron chi connectivity index (χ2n) is 4.37. The number of hydrogen-bond acceptors (Lipinski definition) is 2. The molecule has 0 aromatic heterocycles. The van der Waals surface area contributed by atoms with Crippen molar-refractivity contribution in [1.29, 1.82) is 0 Å². The molecule has 2 aromatic carbocycles. The molecule has 0 saturated heterocycles. The van der Waals surface area contributed by atoms with Gasteiger partial charge in [0.1, 0.15) is 16.5 Å². The SMILES string of the molecule is O=S(=O)(Nc1ccc(Cl)c(C(F)(F)F)c1)c1ccc(F)cc1F. The van der Waals surface area contributed by atoms with Gasteiger partial charge in [-0.2, -0.15) is 13.2 Å². The van der Waals surface area contributed by atoms with Crippen molar-refractivity contribution in [2.75, 3.05) is 4.72 Å². The van der Waals surface area contributed by atoms with Crippen LogP contribution in [0.2, 0.25) is 5.02 Å². The highest BCUT2D eigenvalue weighted by atomic mass is 35.5. The van der Waals surface area contributed by atoms with Crippen LogP contribution in [0.25, 0.3) is 0 Å². The third kappa shape index (κ3) is 3.91. The lowest BCUT2D eigenvalue weighted by Crippen LogP contribution is -2.15. The molecule has 0 saturated carbocycles. The van der Waals surface area contributed by atoms with E-state index in [4.69, 9.17) is 11.6 Å². The minimum Gasteiger partial charge on any atom is -0.280 e. The number of halogens is 6. The first-order valence-corrected chi connectivity index (χ1v) is 7.71. The molecule has 0 radical (unpaired) electrons. The third-order valence-corrected chi connectivity index (χ3v) is 4.45. The van der Waals surface area contributed by atoms with Gasteiger partial charge in [-0.05, 0) is 30.3 Å². The Balaban J connectivity index is 2.42. The molecule has 0 aliphatic rings. The monoisotopic (exact) mass is 371 g/mol. The van der Waals surface area contributed by atoms with E-state index in [2.05, 4.69) is 0 Å². The van der Waals surface area contributed by atoms with Crippen LogP contribution in [0.3, 0.4) is 0 Å². The highest BCUT2D eigenvalue weighted by Crippen LogP contribution is 2.36. The number of benzene rings is 2. The van der Waals surface area contributed by atoms with Crippen molar-refractivity contribution in [3.8, 4) is 0 Å². The first-order valence-electron chi connectivity index (χ1n) is 5.85. The van der Waals surface area contributed by atoms with E-state index in [0.717, 1.165) is 12.1 Å². The van der Waals surface area contributed by atoms with Crippen LogP contribution in [0.1, 0.15) is 5.56 Å². The second-order valence-corrected chi connectivity index (χ2v) is 6.43. The van der Waals surface area contributed by atoms with E-state index in [0.29, 0.717) is 24.3 Å². The average molecular weight is 372 g/mol. The van der Waals surface area contributed by atoms with Crippen molar-refractivity contribution in [2.24, 2.45) is 0 Å². The molecule has 0 aliphatic heterocycles. The summed E-state index contributed by atoms with van der Waals surface area (Å²) < 4.78 is 90.3. The maximum atomic E-state index is 13.5. The van der Waals surface area contributed by atoms with Crippen LogP contribution >= 0.6 is 11.6 Å². The summed E-state index contributed by atoms with van der Waals surface area (Å²) in [5, 5.41) is -0.617. The van der Waals surface area contributed by atoms with Crippen molar-refractivity contribution >= 4 is 27.3 Å². The number of hydrogen-bond donors (Lipinski definition) is 1. The molecule has 2 rings (SSSR count). The molecular formula is C13H7ClF5NO2S. The van der Waals surface area contributed by atoms with E-state index in [1.807, 2.05) is 0 Å². The van der Waals surface area contributed by atoms with Crippen LogP contribution in [0.5, 0.6) is 0 Å². The molecule has 0 heterocycles. The zero-order valence-electron chi connectivity index (χ0n) is 11.0. The van der Waals surface area contributed by atoms with E-state index in [1.54, 1.807) is 4.72 Å². The summed E-state index contributed by atoms with van der Waals surface area (Å²) in [5.74, 6) is -2.37. The first kappa shape index (κ1) is 17.5. The van der Waals surface area contributed by atoms with Crippen LogP contribution in [0.15, 0.2) is 41.3 Å². The Morgan fingerprint density at radius 3 is 2.22 bits per heavy atom. The highest BCUT2D eigenvalue weighted by molar-refractivity contribution is 7.92. The van der Waals surface area contributed by atoms with E-state index in [1.165, 1.54) is 0 Å². The number of anilines is 1. The number of nitrogens with one attached hydrogen (secondary N) is 1. The molecule has 0 atom stereocenters. The Bertz CT molecular complexity index is 852. The largest absolute Gasteiger partial charge is 0.417 e. The first-order chi connectivity index (χ1) is 10.5. The predicted molar refractivity (Wildman–Crippen MR) is 73.6 cm³/mol. The molecular weight excluding hydrogens is 365 g/mol. The molecule has 124 valence electrons. The average Bonchev–Trinajstić information content (AvgIpc) is 2.39. The molecule has 3 nitrogen and oxygen atoms in total. The minimum atomic E-state index is -4.79. The highest BCUT2D eigenvalue weighted by Gasteiger charge is 2.33. The van der Waals surface area contributed by atoms with E-state index in [9.17, 15) is 30.4 Å². The Morgan fingerprint density at radius 2 is 1.65 bits per heavy atom. The summed E-state index contributed by atoms with van der Waals surface area (Å²) >= 11 is 5.41. The van der Waals surface area contributed by atoms with Crippen LogP contribution in [-0.2, 0) is 16.2 Å². The molecule has 2 aromatic rings.